The second kappa shape index (κ2) is 3.97. The van der Waals surface area contributed by atoms with Crippen molar-refractivity contribution in [3.05, 3.63) is 18.5 Å². The zero-order chi connectivity index (χ0) is 10.9. The van der Waals surface area contributed by atoms with E-state index < -0.39 is 0 Å². The second-order valence-corrected chi connectivity index (χ2v) is 5.12. The smallest absolute Gasteiger partial charge is 0.0677 e. The fourth-order valence-corrected chi connectivity index (χ4v) is 2.76. The van der Waals surface area contributed by atoms with Gasteiger partial charge in [0, 0.05) is 18.4 Å². The molecule has 0 aliphatic heterocycles. The Hall–Kier alpha value is -0.830. The molecule has 3 nitrogen and oxygen atoms in total. The van der Waals surface area contributed by atoms with Gasteiger partial charge in [-0.2, -0.15) is 5.10 Å². The summed E-state index contributed by atoms with van der Waals surface area (Å²) in [6, 6.07) is 3.08. The van der Waals surface area contributed by atoms with Crippen molar-refractivity contribution < 1.29 is 0 Å². The molecule has 1 aliphatic carbocycles. The molecule has 1 saturated carbocycles. The van der Waals surface area contributed by atoms with E-state index in [1.807, 2.05) is 12.3 Å². The molecule has 0 amide bonds. The summed E-state index contributed by atoms with van der Waals surface area (Å²) in [5, 5.41) is 7.99. The van der Waals surface area contributed by atoms with Crippen LogP contribution in [0.1, 0.15) is 39.7 Å². The number of hydrogen-bond acceptors (Lipinski definition) is 2. The molecule has 3 heteroatoms. The molecule has 0 aromatic carbocycles. The maximum absolute atomic E-state index is 4.37. The molecule has 1 aliphatic rings. The van der Waals surface area contributed by atoms with E-state index in [4.69, 9.17) is 0 Å². The van der Waals surface area contributed by atoms with E-state index in [-0.39, 0.29) is 0 Å². The number of nitrogens with zero attached hydrogens (tertiary/aromatic N) is 2. The largest absolute Gasteiger partial charge is 0.312 e. The van der Waals surface area contributed by atoms with Gasteiger partial charge in [0.1, 0.15) is 0 Å². The van der Waals surface area contributed by atoms with Crippen molar-refractivity contribution in [3.63, 3.8) is 0 Å². The van der Waals surface area contributed by atoms with Gasteiger partial charge in [-0.05, 0) is 30.9 Å². The van der Waals surface area contributed by atoms with E-state index in [9.17, 15) is 0 Å². The average Bonchev–Trinajstić information content (AvgIpc) is 2.76. The molecule has 1 aromatic heterocycles. The van der Waals surface area contributed by atoms with E-state index in [1.54, 1.807) is 0 Å². The molecular weight excluding hydrogens is 186 g/mol. The number of aromatic nitrogens is 2. The molecular formula is C12H21N3. The van der Waals surface area contributed by atoms with E-state index in [0.29, 0.717) is 17.5 Å². The van der Waals surface area contributed by atoms with Crippen LogP contribution in [0.3, 0.4) is 0 Å². The Morgan fingerprint density at radius 1 is 1.53 bits per heavy atom. The van der Waals surface area contributed by atoms with Crippen LogP contribution in [0.15, 0.2) is 18.5 Å². The SMILES string of the molecule is CCNC1C(n2cccn2)CCC1(C)C. The molecule has 1 N–H and O–H groups in total. The summed E-state index contributed by atoms with van der Waals surface area (Å²) >= 11 is 0. The Kier molecular flexibility index (Phi) is 2.83. The molecule has 1 fully saturated rings. The van der Waals surface area contributed by atoms with Crippen molar-refractivity contribution >= 4 is 0 Å². The van der Waals surface area contributed by atoms with Crippen molar-refractivity contribution in [2.75, 3.05) is 6.54 Å². The van der Waals surface area contributed by atoms with Gasteiger partial charge in [0.15, 0.2) is 0 Å². The van der Waals surface area contributed by atoms with Crippen molar-refractivity contribution in [2.24, 2.45) is 5.41 Å². The van der Waals surface area contributed by atoms with Crippen molar-refractivity contribution in [1.82, 2.24) is 15.1 Å². The molecule has 84 valence electrons. The van der Waals surface area contributed by atoms with Gasteiger partial charge in [0.25, 0.3) is 0 Å². The lowest BCUT2D eigenvalue weighted by molar-refractivity contribution is 0.244. The Labute approximate surface area is 91.9 Å². The van der Waals surface area contributed by atoms with Gasteiger partial charge >= 0.3 is 0 Å². The summed E-state index contributed by atoms with van der Waals surface area (Å²) in [6.45, 7) is 7.91. The highest BCUT2D eigenvalue weighted by Crippen LogP contribution is 2.43. The lowest BCUT2D eigenvalue weighted by Gasteiger charge is -2.31. The quantitative estimate of drug-likeness (QED) is 0.823. The van der Waals surface area contributed by atoms with Gasteiger partial charge in [0.05, 0.1) is 6.04 Å². The lowest BCUT2D eigenvalue weighted by atomic mass is 9.86. The average molecular weight is 207 g/mol. The fraction of sp³-hybridized carbons (Fsp3) is 0.750. The van der Waals surface area contributed by atoms with Crippen LogP contribution >= 0.6 is 0 Å². The minimum Gasteiger partial charge on any atom is -0.312 e. The highest BCUT2D eigenvalue weighted by molar-refractivity contribution is 4.99. The zero-order valence-electron chi connectivity index (χ0n) is 9.90. The molecule has 15 heavy (non-hydrogen) atoms. The molecule has 2 atom stereocenters. The van der Waals surface area contributed by atoms with Crippen LogP contribution in [0.4, 0.5) is 0 Å². The van der Waals surface area contributed by atoms with Crippen LogP contribution in [-0.2, 0) is 0 Å². The van der Waals surface area contributed by atoms with Gasteiger partial charge in [-0.1, -0.05) is 20.8 Å². The Morgan fingerprint density at radius 3 is 2.93 bits per heavy atom. The first-order valence-electron chi connectivity index (χ1n) is 5.87. The summed E-state index contributed by atoms with van der Waals surface area (Å²) in [5.41, 5.74) is 0.382. The fourth-order valence-electron chi connectivity index (χ4n) is 2.76. The van der Waals surface area contributed by atoms with E-state index >= 15 is 0 Å². The second-order valence-electron chi connectivity index (χ2n) is 5.12. The first kappa shape index (κ1) is 10.7. The summed E-state index contributed by atoms with van der Waals surface area (Å²) in [7, 11) is 0. The molecule has 1 aromatic rings. The van der Waals surface area contributed by atoms with Gasteiger partial charge in [-0.25, -0.2) is 0 Å². The monoisotopic (exact) mass is 207 g/mol. The first-order valence-corrected chi connectivity index (χ1v) is 5.87. The first-order chi connectivity index (χ1) is 7.15. The predicted octanol–water partition coefficient (Wildman–Crippen LogP) is 2.22. The van der Waals surface area contributed by atoms with Gasteiger partial charge in [-0.15, -0.1) is 0 Å². The van der Waals surface area contributed by atoms with Crippen LogP contribution in [0.25, 0.3) is 0 Å². The third-order valence-corrected chi connectivity index (χ3v) is 3.60. The normalized spacial score (nSPS) is 29.5. The Balaban J connectivity index is 2.19. The lowest BCUT2D eigenvalue weighted by Crippen LogP contribution is -2.42. The van der Waals surface area contributed by atoms with Gasteiger partial charge in [-0.3, -0.25) is 4.68 Å². The zero-order valence-corrected chi connectivity index (χ0v) is 9.90. The predicted molar refractivity (Wildman–Crippen MR) is 61.7 cm³/mol. The third-order valence-electron chi connectivity index (χ3n) is 3.60. The van der Waals surface area contributed by atoms with Crippen LogP contribution < -0.4 is 5.32 Å². The van der Waals surface area contributed by atoms with Crippen LogP contribution in [0.2, 0.25) is 0 Å². The maximum atomic E-state index is 4.37. The van der Waals surface area contributed by atoms with Crippen molar-refractivity contribution in [3.8, 4) is 0 Å². The minimum atomic E-state index is 0.382. The summed E-state index contributed by atoms with van der Waals surface area (Å²) in [4.78, 5) is 0. The molecule has 0 spiro atoms. The number of hydrogen-bond donors (Lipinski definition) is 1. The minimum absolute atomic E-state index is 0.382. The third kappa shape index (κ3) is 1.93. The highest BCUT2D eigenvalue weighted by Gasteiger charge is 2.42. The van der Waals surface area contributed by atoms with Crippen molar-refractivity contribution in [1.29, 1.82) is 0 Å². The summed E-state index contributed by atoms with van der Waals surface area (Å²) < 4.78 is 2.11. The molecule has 1 heterocycles. The van der Waals surface area contributed by atoms with E-state index in [1.165, 1.54) is 12.8 Å². The van der Waals surface area contributed by atoms with Crippen LogP contribution in [-0.4, -0.2) is 22.4 Å². The van der Waals surface area contributed by atoms with Gasteiger partial charge in [0.2, 0.25) is 0 Å². The van der Waals surface area contributed by atoms with Crippen LogP contribution in [0, 0.1) is 5.41 Å². The summed E-state index contributed by atoms with van der Waals surface area (Å²) in [6.07, 6.45) is 6.45. The number of rotatable bonds is 3. The van der Waals surface area contributed by atoms with Crippen LogP contribution in [0.5, 0.6) is 0 Å². The highest BCUT2D eigenvalue weighted by atomic mass is 15.3. The topological polar surface area (TPSA) is 29.9 Å². The number of nitrogens with one attached hydrogen (secondary N) is 1. The van der Waals surface area contributed by atoms with Crippen molar-refractivity contribution in [2.45, 2.75) is 45.7 Å². The summed E-state index contributed by atoms with van der Waals surface area (Å²) in [5.74, 6) is 0. The maximum Gasteiger partial charge on any atom is 0.0677 e. The van der Waals surface area contributed by atoms with E-state index in [0.717, 1.165) is 6.54 Å². The molecule has 2 rings (SSSR count). The van der Waals surface area contributed by atoms with E-state index in [2.05, 4.69) is 42.1 Å². The molecule has 0 bridgehead atoms. The Morgan fingerprint density at radius 2 is 2.33 bits per heavy atom. The Bertz CT molecular complexity index is 303. The van der Waals surface area contributed by atoms with Gasteiger partial charge < -0.3 is 5.32 Å². The molecule has 0 saturated heterocycles. The number of likely N-dealkylation sites (N-methyl/N-ethyl adjacent to an activating group) is 1. The standard InChI is InChI=1S/C12H21N3/c1-4-13-11-10(6-7-12(11,2)3)15-9-5-8-14-15/h5,8-11,13H,4,6-7H2,1-3H3. The molecule has 0 radical (unpaired) electrons. The molecule has 2 unspecified atom stereocenters.